The van der Waals surface area contributed by atoms with E-state index in [-0.39, 0.29) is 0 Å². The van der Waals surface area contributed by atoms with Crippen molar-refractivity contribution in [3.05, 3.63) is 42.0 Å². The lowest BCUT2D eigenvalue weighted by Gasteiger charge is -1.94. The smallest absolute Gasteiger partial charge is 0.181 e. The normalized spacial score (nSPS) is 11.2. The van der Waals surface area contributed by atoms with Gasteiger partial charge < -0.3 is 10.1 Å². The maximum Gasteiger partial charge on any atom is 0.181 e. The van der Waals surface area contributed by atoms with Crippen LogP contribution in [0.15, 0.2) is 34.8 Å². The standard InChI is InChI=1S/C12H12N4S2/c1-8-11(18-12(13)14-8)17-7-9-6-16-5-3-2-4-10(16)15-9/h2-6H,7H2,1H3,(H2,13,14). The molecular formula is C12H12N4S2. The van der Waals surface area contributed by atoms with Gasteiger partial charge in [-0.3, -0.25) is 0 Å². The molecule has 0 spiro atoms. The molecule has 3 heterocycles. The molecule has 3 rings (SSSR count). The molecule has 0 aliphatic rings. The Labute approximate surface area is 113 Å². The number of hydrogen-bond acceptors (Lipinski definition) is 5. The van der Waals surface area contributed by atoms with Crippen LogP contribution in [0.3, 0.4) is 0 Å². The topological polar surface area (TPSA) is 56.2 Å². The van der Waals surface area contributed by atoms with Crippen molar-refractivity contribution < 1.29 is 0 Å². The number of imidazole rings is 1. The first-order chi connectivity index (χ1) is 8.72. The number of pyridine rings is 1. The summed E-state index contributed by atoms with van der Waals surface area (Å²) < 4.78 is 3.20. The van der Waals surface area contributed by atoms with Gasteiger partial charge in [-0.1, -0.05) is 17.4 Å². The summed E-state index contributed by atoms with van der Waals surface area (Å²) in [6.45, 7) is 1.98. The van der Waals surface area contributed by atoms with Gasteiger partial charge in [-0.15, -0.1) is 11.8 Å². The third kappa shape index (κ3) is 2.21. The summed E-state index contributed by atoms with van der Waals surface area (Å²) in [5.41, 5.74) is 8.74. The highest BCUT2D eigenvalue weighted by molar-refractivity contribution is 8.00. The minimum atomic E-state index is 0.630. The molecule has 0 radical (unpaired) electrons. The van der Waals surface area contributed by atoms with Gasteiger partial charge in [0, 0.05) is 18.1 Å². The number of aromatic nitrogens is 3. The first-order valence-electron chi connectivity index (χ1n) is 5.51. The molecule has 3 aromatic rings. The van der Waals surface area contributed by atoms with Crippen LogP contribution in [0.4, 0.5) is 5.13 Å². The predicted molar refractivity (Wildman–Crippen MR) is 76.0 cm³/mol. The number of nitrogen functional groups attached to an aromatic ring is 1. The van der Waals surface area contributed by atoms with E-state index >= 15 is 0 Å². The zero-order chi connectivity index (χ0) is 12.5. The van der Waals surface area contributed by atoms with E-state index in [0.717, 1.165) is 22.8 Å². The second-order valence-corrected chi connectivity index (χ2v) is 6.19. The van der Waals surface area contributed by atoms with Crippen molar-refractivity contribution >= 4 is 33.9 Å². The molecule has 0 amide bonds. The quantitative estimate of drug-likeness (QED) is 0.747. The second kappa shape index (κ2) is 4.62. The van der Waals surface area contributed by atoms with Gasteiger partial charge in [0.1, 0.15) is 5.65 Å². The van der Waals surface area contributed by atoms with Gasteiger partial charge in [0.15, 0.2) is 5.13 Å². The number of fused-ring (bicyclic) bond motifs is 1. The summed E-state index contributed by atoms with van der Waals surface area (Å²) in [6.07, 6.45) is 4.06. The lowest BCUT2D eigenvalue weighted by atomic mass is 10.5. The van der Waals surface area contributed by atoms with Crippen LogP contribution in [-0.4, -0.2) is 14.4 Å². The molecule has 2 N–H and O–H groups in total. The fourth-order valence-electron chi connectivity index (χ4n) is 1.73. The van der Waals surface area contributed by atoms with E-state index in [9.17, 15) is 0 Å². The van der Waals surface area contributed by atoms with Gasteiger partial charge in [-0.25, -0.2) is 9.97 Å². The van der Waals surface area contributed by atoms with Crippen molar-refractivity contribution in [2.75, 3.05) is 5.73 Å². The fourth-order valence-corrected chi connectivity index (χ4v) is 3.64. The van der Waals surface area contributed by atoms with Crippen LogP contribution in [0.2, 0.25) is 0 Å². The molecule has 0 unspecified atom stereocenters. The first-order valence-corrected chi connectivity index (χ1v) is 7.31. The van der Waals surface area contributed by atoms with Crippen LogP contribution in [0, 0.1) is 6.92 Å². The summed E-state index contributed by atoms with van der Waals surface area (Å²) in [7, 11) is 0. The van der Waals surface area contributed by atoms with Crippen molar-refractivity contribution in [2.24, 2.45) is 0 Å². The Bertz CT molecular complexity index is 653. The van der Waals surface area contributed by atoms with Crippen LogP contribution in [0.25, 0.3) is 5.65 Å². The number of nitrogens with zero attached hydrogens (tertiary/aromatic N) is 3. The van der Waals surface area contributed by atoms with Crippen molar-refractivity contribution in [1.82, 2.24) is 14.4 Å². The predicted octanol–water partition coefficient (Wildman–Crippen LogP) is 2.97. The Morgan fingerprint density at radius 1 is 1.39 bits per heavy atom. The minimum absolute atomic E-state index is 0.630. The van der Waals surface area contributed by atoms with Gasteiger partial charge in [-0.2, -0.15) is 0 Å². The molecule has 18 heavy (non-hydrogen) atoms. The lowest BCUT2D eigenvalue weighted by molar-refractivity contribution is 1.18. The van der Waals surface area contributed by atoms with Crippen molar-refractivity contribution in [3.63, 3.8) is 0 Å². The maximum atomic E-state index is 5.68. The average Bonchev–Trinajstić information content (AvgIpc) is 2.89. The van der Waals surface area contributed by atoms with E-state index in [1.165, 1.54) is 15.5 Å². The van der Waals surface area contributed by atoms with Crippen LogP contribution in [-0.2, 0) is 5.75 Å². The Hall–Kier alpha value is -1.53. The molecule has 0 aliphatic carbocycles. The highest BCUT2D eigenvalue weighted by atomic mass is 32.2. The summed E-state index contributed by atoms with van der Waals surface area (Å²) >= 11 is 3.27. The Morgan fingerprint density at radius 2 is 2.28 bits per heavy atom. The SMILES string of the molecule is Cc1nc(N)sc1SCc1cn2ccccc2n1. The summed E-state index contributed by atoms with van der Waals surface area (Å²) in [5.74, 6) is 0.837. The third-order valence-corrected chi connectivity index (χ3v) is 4.92. The zero-order valence-corrected chi connectivity index (χ0v) is 11.5. The Kier molecular flexibility index (Phi) is 2.97. The molecule has 0 aromatic carbocycles. The van der Waals surface area contributed by atoms with Gasteiger partial charge in [0.2, 0.25) is 0 Å². The monoisotopic (exact) mass is 276 g/mol. The number of aryl methyl sites for hydroxylation is 1. The summed E-state index contributed by atoms with van der Waals surface area (Å²) in [6, 6.07) is 6.00. The molecule has 6 heteroatoms. The number of thioether (sulfide) groups is 1. The van der Waals surface area contributed by atoms with Crippen molar-refractivity contribution in [3.8, 4) is 0 Å². The molecule has 0 saturated carbocycles. The molecule has 4 nitrogen and oxygen atoms in total. The highest BCUT2D eigenvalue weighted by Crippen LogP contribution is 2.32. The van der Waals surface area contributed by atoms with E-state index in [1.807, 2.05) is 35.7 Å². The van der Waals surface area contributed by atoms with E-state index in [4.69, 9.17) is 5.73 Å². The molecule has 0 bridgehead atoms. The molecule has 0 fully saturated rings. The van der Waals surface area contributed by atoms with Crippen LogP contribution in [0.5, 0.6) is 0 Å². The van der Waals surface area contributed by atoms with Gasteiger partial charge in [0.25, 0.3) is 0 Å². The first kappa shape index (κ1) is 11.6. The molecule has 0 aliphatic heterocycles. The Morgan fingerprint density at radius 3 is 3.00 bits per heavy atom. The van der Waals surface area contributed by atoms with E-state index in [2.05, 4.69) is 16.2 Å². The van der Waals surface area contributed by atoms with Crippen molar-refractivity contribution in [1.29, 1.82) is 0 Å². The van der Waals surface area contributed by atoms with Gasteiger partial charge >= 0.3 is 0 Å². The van der Waals surface area contributed by atoms with E-state index in [0.29, 0.717) is 5.13 Å². The molecule has 92 valence electrons. The van der Waals surface area contributed by atoms with E-state index < -0.39 is 0 Å². The largest absolute Gasteiger partial charge is 0.375 e. The van der Waals surface area contributed by atoms with Crippen LogP contribution >= 0.6 is 23.1 Å². The number of thiazole rings is 1. The molecule has 3 aromatic heterocycles. The fraction of sp³-hybridized carbons (Fsp3) is 0.167. The number of nitrogens with two attached hydrogens (primary N) is 1. The van der Waals surface area contributed by atoms with Crippen LogP contribution < -0.4 is 5.73 Å². The van der Waals surface area contributed by atoms with Gasteiger partial charge in [-0.05, 0) is 19.1 Å². The summed E-state index contributed by atoms with van der Waals surface area (Å²) in [5, 5.41) is 0.630. The van der Waals surface area contributed by atoms with Gasteiger partial charge in [0.05, 0.1) is 15.6 Å². The van der Waals surface area contributed by atoms with Crippen LogP contribution in [0.1, 0.15) is 11.4 Å². The number of anilines is 1. The Balaban J connectivity index is 1.78. The molecule has 0 atom stereocenters. The number of rotatable bonds is 3. The zero-order valence-electron chi connectivity index (χ0n) is 9.83. The number of hydrogen-bond donors (Lipinski definition) is 1. The molecule has 0 saturated heterocycles. The lowest BCUT2D eigenvalue weighted by Crippen LogP contribution is -1.81. The minimum Gasteiger partial charge on any atom is -0.375 e. The summed E-state index contributed by atoms with van der Waals surface area (Å²) in [4.78, 5) is 8.78. The maximum absolute atomic E-state index is 5.68. The second-order valence-electron chi connectivity index (χ2n) is 3.91. The van der Waals surface area contributed by atoms with Crippen molar-refractivity contribution in [2.45, 2.75) is 16.9 Å². The van der Waals surface area contributed by atoms with E-state index in [1.54, 1.807) is 11.8 Å². The third-order valence-electron chi connectivity index (χ3n) is 2.54. The highest BCUT2D eigenvalue weighted by Gasteiger charge is 2.07. The molecular weight excluding hydrogens is 264 g/mol. The average molecular weight is 276 g/mol.